The van der Waals surface area contributed by atoms with Gasteiger partial charge in [0.2, 0.25) is 5.91 Å². The fourth-order valence-electron chi connectivity index (χ4n) is 2.28. The van der Waals surface area contributed by atoms with Crippen LogP contribution in [0.2, 0.25) is 0 Å². The van der Waals surface area contributed by atoms with Crippen molar-refractivity contribution in [2.75, 3.05) is 6.61 Å². The van der Waals surface area contributed by atoms with Gasteiger partial charge in [0, 0.05) is 19.1 Å². The predicted molar refractivity (Wildman–Crippen MR) is 94.0 cm³/mol. The average Bonchev–Trinajstić information content (AvgIpc) is 2.53. The third-order valence-corrected chi connectivity index (χ3v) is 4.50. The van der Waals surface area contributed by atoms with Gasteiger partial charge in [-0.2, -0.15) is 0 Å². The Morgan fingerprint density at radius 1 is 1.36 bits per heavy atom. The van der Waals surface area contributed by atoms with Crippen LogP contribution in [0.4, 0.5) is 5.69 Å². The van der Waals surface area contributed by atoms with Crippen LogP contribution in [0, 0.1) is 10.1 Å². The lowest BCUT2D eigenvalue weighted by molar-refractivity contribution is -0.384. The minimum Gasteiger partial charge on any atom is -0.463 e. The van der Waals surface area contributed by atoms with Crippen molar-refractivity contribution in [1.29, 1.82) is 0 Å². The standard InChI is InChI=1S/C16H17N3O5S/c1-4-24-15(21)13-9(2)17-16(18-10(3)20)25-14(13)11-5-7-12(8-6-11)19(22)23/h5-8,14H,4H2,1-3H3,(H,17,18,20). The fourth-order valence-corrected chi connectivity index (χ4v) is 3.57. The maximum Gasteiger partial charge on any atom is 0.337 e. The lowest BCUT2D eigenvalue weighted by Crippen LogP contribution is -2.30. The van der Waals surface area contributed by atoms with Gasteiger partial charge in [0.25, 0.3) is 5.69 Å². The molecule has 2 rings (SSSR count). The number of carbonyl (C=O) groups is 2. The summed E-state index contributed by atoms with van der Waals surface area (Å²) in [5.41, 5.74) is 1.42. The molecule has 0 radical (unpaired) electrons. The minimum absolute atomic E-state index is 0.0429. The van der Waals surface area contributed by atoms with E-state index in [1.165, 1.54) is 30.8 Å². The third-order valence-electron chi connectivity index (χ3n) is 3.34. The molecule has 8 nitrogen and oxygen atoms in total. The molecule has 0 bridgehead atoms. The molecular formula is C16H17N3O5S. The second-order valence-electron chi connectivity index (χ2n) is 5.16. The molecule has 132 valence electrons. The molecule has 1 N–H and O–H groups in total. The number of allylic oxidation sites excluding steroid dienone is 1. The van der Waals surface area contributed by atoms with Gasteiger partial charge in [-0.05, 0) is 19.4 Å². The number of nitrogens with one attached hydrogen (secondary N) is 1. The van der Waals surface area contributed by atoms with Crippen LogP contribution in [-0.2, 0) is 14.3 Å². The monoisotopic (exact) mass is 363 g/mol. The highest BCUT2D eigenvalue weighted by Gasteiger charge is 2.32. The summed E-state index contributed by atoms with van der Waals surface area (Å²) in [5, 5.41) is 13.3. The van der Waals surface area contributed by atoms with E-state index in [4.69, 9.17) is 4.74 Å². The summed E-state index contributed by atoms with van der Waals surface area (Å²) in [5.74, 6) is -0.775. The van der Waals surface area contributed by atoms with Gasteiger partial charge in [0.15, 0.2) is 5.17 Å². The number of non-ortho nitro benzene ring substituents is 1. The second kappa shape index (κ2) is 7.93. The molecule has 1 unspecified atom stereocenters. The number of thioether (sulfide) groups is 1. The topological polar surface area (TPSA) is 111 Å². The highest BCUT2D eigenvalue weighted by molar-refractivity contribution is 8.14. The molecule has 25 heavy (non-hydrogen) atoms. The number of benzene rings is 1. The number of ether oxygens (including phenoxy) is 1. The Bertz CT molecular complexity index is 770. The fraction of sp³-hybridized carbons (Fsp3) is 0.312. The van der Waals surface area contributed by atoms with Crippen molar-refractivity contribution in [2.45, 2.75) is 26.0 Å². The van der Waals surface area contributed by atoms with Crippen LogP contribution in [0.3, 0.4) is 0 Å². The molecular weight excluding hydrogens is 346 g/mol. The van der Waals surface area contributed by atoms with E-state index < -0.39 is 16.1 Å². The SMILES string of the molecule is CCOC(=O)C1=C(C)N=C(NC(C)=O)SC1c1ccc([N+](=O)[O-])cc1. The van der Waals surface area contributed by atoms with Crippen LogP contribution in [0.1, 0.15) is 31.6 Å². The average molecular weight is 363 g/mol. The molecule has 0 saturated carbocycles. The molecule has 0 fully saturated rings. The molecule has 0 aliphatic carbocycles. The number of hydrogen-bond donors (Lipinski definition) is 1. The van der Waals surface area contributed by atoms with Crippen molar-refractivity contribution in [1.82, 2.24) is 5.32 Å². The summed E-state index contributed by atoms with van der Waals surface area (Å²) in [6.45, 7) is 4.95. The molecule has 0 spiro atoms. The quantitative estimate of drug-likeness (QED) is 0.500. The molecule has 1 heterocycles. The number of esters is 1. The van der Waals surface area contributed by atoms with Gasteiger partial charge in [0.05, 0.1) is 28.1 Å². The number of amides is 1. The van der Waals surface area contributed by atoms with Gasteiger partial charge < -0.3 is 10.1 Å². The van der Waals surface area contributed by atoms with E-state index in [9.17, 15) is 19.7 Å². The van der Waals surface area contributed by atoms with Crippen molar-refractivity contribution in [3.05, 3.63) is 51.2 Å². The van der Waals surface area contributed by atoms with Gasteiger partial charge in [0.1, 0.15) is 0 Å². The molecule has 0 aromatic heterocycles. The largest absolute Gasteiger partial charge is 0.463 e. The van der Waals surface area contributed by atoms with Crippen molar-refractivity contribution in [2.24, 2.45) is 4.99 Å². The first-order valence-corrected chi connectivity index (χ1v) is 8.36. The summed E-state index contributed by atoms with van der Waals surface area (Å²) in [6.07, 6.45) is 0. The van der Waals surface area contributed by atoms with E-state index in [0.29, 0.717) is 22.0 Å². The number of aliphatic imine (C=N–C) groups is 1. The number of rotatable bonds is 4. The Kier molecular flexibility index (Phi) is 5.92. The predicted octanol–water partition coefficient (Wildman–Crippen LogP) is 2.71. The van der Waals surface area contributed by atoms with Gasteiger partial charge in [-0.1, -0.05) is 23.9 Å². The van der Waals surface area contributed by atoms with E-state index in [-0.39, 0.29) is 18.2 Å². The van der Waals surface area contributed by atoms with Crippen molar-refractivity contribution < 1.29 is 19.2 Å². The molecule has 1 aliphatic heterocycles. The molecule has 1 aromatic carbocycles. The molecule has 1 amide bonds. The first-order valence-electron chi connectivity index (χ1n) is 7.48. The lowest BCUT2D eigenvalue weighted by atomic mass is 10.0. The Hall–Kier alpha value is -2.68. The van der Waals surface area contributed by atoms with Crippen LogP contribution < -0.4 is 5.32 Å². The van der Waals surface area contributed by atoms with E-state index in [1.807, 2.05) is 0 Å². The van der Waals surface area contributed by atoms with E-state index in [1.54, 1.807) is 26.0 Å². The number of carbonyl (C=O) groups excluding carboxylic acids is 2. The Morgan fingerprint density at radius 3 is 2.52 bits per heavy atom. The van der Waals surface area contributed by atoms with Crippen molar-refractivity contribution in [3.8, 4) is 0 Å². The first kappa shape index (κ1) is 18.7. The van der Waals surface area contributed by atoms with E-state index >= 15 is 0 Å². The highest BCUT2D eigenvalue weighted by atomic mass is 32.2. The Morgan fingerprint density at radius 2 is 2.00 bits per heavy atom. The maximum atomic E-state index is 12.3. The van der Waals surface area contributed by atoms with Gasteiger partial charge in [-0.3, -0.25) is 14.9 Å². The van der Waals surface area contributed by atoms with E-state index in [0.717, 1.165) is 0 Å². The Labute approximate surface area is 148 Å². The molecule has 9 heteroatoms. The van der Waals surface area contributed by atoms with Crippen LogP contribution in [0.25, 0.3) is 0 Å². The van der Waals surface area contributed by atoms with Crippen LogP contribution in [-0.4, -0.2) is 28.6 Å². The Balaban J connectivity index is 2.44. The summed E-state index contributed by atoms with van der Waals surface area (Å²) >= 11 is 1.18. The zero-order chi connectivity index (χ0) is 18.6. The summed E-state index contributed by atoms with van der Waals surface area (Å²) in [6, 6.07) is 5.91. The maximum absolute atomic E-state index is 12.3. The molecule has 1 atom stereocenters. The van der Waals surface area contributed by atoms with Crippen LogP contribution in [0.5, 0.6) is 0 Å². The summed E-state index contributed by atoms with van der Waals surface area (Å²) < 4.78 is 5.11. The molecule has 1 aliphatic rings. The first-order chi connectivity index (χ1) is 11.8. The smallest absolute Gasteiger partial charge is 0.337 e. The summed E-state index contributed by atoms with van der Waals surface area (Å²) in [7, 11) is 0. The zero-order valence-electron chi connectivity index (χ0n) is 13.9. The van der Waals surface area contributed by atoms with E-state index in [2.05, 4.69) is 10.3 Å². The van der Waals surface area contributed by atoms with Crippen LogP contribution >= 0.6 is 11.8 Å². The second-order valence-corrected chi connectivity index (χ2v) is 6.26. The molecule has 0 saturated heterocycles. The van der Waals surface area contributed by atoms with Gasteiger partial charge in [-0.25, -0.2) is 9.79 Å². The highest BCUT2D eigenvalue weighted by Crippen LogP contribution is 2.42. The normalized spacial score (nSPS) is 16.9. The van der Waals surface area contributed by atoms with Crippen LogP contribution in [0.15, 0.2) is 40.5 Å². The number of amidine groups is 1. The number of nitrogens with zero attached hydrogens (tertiary/aromatic N) is 2. The van der Waals surface area contributed by atoms with Crippen molar-refractivity contribution >= 4 is 34.5 Å². The van der Waals surface area contributed by atoms with Crippen molar-refractivity contribution in [3.63, 3.8) is 0 Å². The number of nitro benzene ring substituents is 1. The minimum atomic E-state index is -0.499. The number of nitro groups is 1. The lowest BCUT2D eigenvalue weighted by Gasteiger charge is -2.25. The van der Waals surface area contributed by atoms with Gasteiger partial charge >= 0.3 is 5.97 Å². The summed E-state index contributed by atoms with van der Waals surface area (Å²) in [4.78, 5) is 38.2. The van der Waals surface area contributed by atoms with Gasteiger partial charge in [-0.15, -0.1) is 0 Å². The zero-order valence-corrected chi connectivity index (χ0v) is 14.8. The molecule has 1 aromatic rings. The number of hydrogen-bond acceptors (Lipinski definition) is 7. The third kappa shape index (κ3) is 4.44.